The van der Waals surface area contributed by atoms with Crippen molar-refractivity contribution in [1.29, 1.82) is 0 Å². The number of rotatable bonds is 10. The van der Waals surface area contributed by atoms with Crippen LogP contribution in [0, 0.1) is 0 Å². The molecule has 8 heteroatoms. The molecule has 1 aliphatic carbocycles. The third kappa shape index (κ3) is 4.75. The maximum Gasteiger partial charge on any atom is 0.243 e. The van der Waals surface area contributed by atoms with Gasteiger partial charge in [0.2, 0.25) is 10.0 Å². The summed E-state index contributed by atoms with van der Waals surface area (Å²) in [4.78, 5) is 0.299. The molecule has 0 saturated heterocycles. The zero-order valence-electron chi connectivity index (χ0n) is 17.6. The Bertz CT molecular complexity index is 920. The molecule has 1 aliphatic rings. The lowest BCUT2D eigenvalue weighted by atomic mass is 9.96. The molecule has 2 N–H and O–H groups in total. The number of hydrogen-bond donors (Lipinski definition) is 2. The summed E-state index contributed by atoms with van der Waals surface area (Å²) in [5, 5.41) is 11.0. The van der Waals surface area contributed by atoms with Gasteiger partial charge in [0, 0.05) is 31.6 Å². The normalized spacial score (nSPS) is 14.1. The molecular formula is C21H32N4O3S. The van der Waals surface area contributed by atoms with Gasteiger partial charge in [-0.15, -0.1) is 0 Å². The van der Waals surface area contributed by atoms with E-state index in [0.29, 0.717) is 24.5 Å². The lowest BCUT2D eigenvalue weighted by Crippen LogP contribution is -2.30. The first-order valence-corrected chi connectivity index (χ1v) is 12.0. The molecule has 0 unspecified atom stereocenters. The van der Waals surface area contributed by atoms with Crippen LogP contribution in [-0.4, -0.2) is 37.5 Å². The minimum atomic E-state index is -3.52. The van der Waals surface area contributed by atoms with Crippen LogP contribution in [-0.2, 0) is 29.4 Å². The van der Waals surface area contributed by atoms with Gasteiger partial charge >= 0.3 is 0 Å². The van der Waals surface area contributed by atoms with Crippen molar-refractivity contribution in [3.8, 4) is 0 Å². The van der Waals surface area contributed by atoms with Crippen LogP contribution in [0.3, 0.4) is 0 Å². The van der Waals surface area contributed by atoms with E-state index in [1.165, 1.54) is 9.87 Å². The maximum absolute atomic E-state index is 12.9. The number of benzene rings is 1. The predicted molar refractivity (Wildman–Crippen MR) is 116 cm³/mol. The van der Waals surface area contributed by atoms with Crippen LogP contribution < -0.4 is 10.6 Å². The molecule has 0 atom stereocenters. The highest BCUT2D eigenvalue weighted by Gasteiger charge is 2.23. The number of sulfonamides is 1. The summed E-state index contributed by atoms with van der Waals surface area (Å²) in [7, 11) is -3.52. The van der Waals surface area contributed by atoms with Gasteiger partial charge in [-0.25, -0.2) is 8.42 Å². The fourth-order valence-electron chi connectivity index (χ4n) is 3.72. The molecule has 160 valence electrons. The number of aromatic nitrogens is 1. The van der Waals surface area contributed by atoms with Crippen molar-refractivity contribution in [2.75, 3.05) is 30.3 Å². The summed E-state index contributed by atoms with van der Waals surface area (Å²) in [5.74, 6) is 0.996. The quantitative estimate of drug-likeness (QED) is 0.604. The van der Waals surface area contributed by atoms with Crippen LogP contribution in [0.5, 0.6) is 0 Å². The average molecular weight is 421 g/mol. The first kappa shape index (κ1) is 21.6. The minimum Gasteiger partial charge on any atom is -0.383 e. The maximum atomic E-state index is 12.9. The van der Waals surface area contributed by atoms with E-state index < -0.39 is 10.0 Å². The Kier molecular flexibility index (Phi) is 7.18. The molecule has 0 saturated carbocycles. The van der Waals surface area contributed by atoms with Gasteiger partial charge in [0.25, 0.3) is 0 Å². The van der Waals surface area contributed by atoms with Gasteiger partial charge in [-0.05, 0) is 43.9 Å². The highest BCUT2D eigenvalue weighted by atomic mass is 32.2. The van der Waals surface area contributed by atoms with E-state index in [-0.39, 0.29) is 0 Å². The number of nitrogens with one attached hydrogen (secondary N) is 2. The SMILES string of the molecule is CCCNc1ccc(S(=O)(=O)N(CC)CC)cc1NCc1noc2c1CCCC2. The van der Waals surface area contributed by atoms with Crippen molar-refractivity contribution in [2.24, 2.45) is 0 Å². The number of aryl methyl sites for hydroxylation is 1. The van der Waals surface area contributed by atoms with Crippen LogP contribution in [0.15, 0.2) is 27.6 Å². The molecule has 0 aliphatic heterocycles. The Labute approximate surface area is 173 Å². The summed E-state index contributed by atoms with van der Waals surface area (Å²) in [6, 6.07) is 5.24. The molecule has 7 nitrogen and oxygen atoms in total. The van der Waals surface area contributed by atoms with Crippen LogP contribution in [0.1, 0.15) is 57.1 Å². The monoisotopic (exact) mass is 420 g/mol. The zero-order chi connectivity index (χ0) is 20.9. The van der Waals surface area contributed by atoms with Gasteiger partial charge in [-0.2, -0.15) is 4.31 Å². The average Bonchev–Trinajstić information content (AvgIpc) is 3.14. The van der Waals surface area contributed by atoms with Crippen LogP contribution >= 0.6 is 0 Å². The molecule has 0 radical (unpaired) electrons. The number of nitrogens with zero attached hydrogens (tertiary/aromatic N) is 2. The predicted octanol–water partition coefficient (Wildman–Crippen LogP) is 4.02. The standard InChI is InChI=1S/C21H32N4O3S/c1-4-13-22-18-12-11-16(29(26,27)25(5-2)6-3)14-19(18)23-15-20-17-9-7-8-10-21(17)28-24-20/h11-12,14,22-23H,4-10,13,15H2,1-3H3. The molecule has 0 fully saturated rings. The van der Waals surface area contributed by atoms with Gasteiger partial charge in [-0.1, -0.05) is 25.9 Å². The van der Waals surface area contributed by atoms with E-state index in [1.807, 2.05) is 19.9 Å². The molecule has 29 heavy (non-hydrogen) atoms. The van der Waals surface area contributed by atoms with Crippen LogP contribution in [0.2, 0.25) is 0 Å². The van der Waals surface area contributed by atoms with Crippen molar-refractivity contribution < 1.29 is 12.9 Å². The summed E-state index contributed by atoms with van der Waals surface area (Å²) < 4.78 is 32.9. The summed E-state index contributed by atoms with van der Waals surface area (Å²) in [6.07, 6.45) is 5.22. The molecule has 0 amide bonds. The van der Waals surface area contributed by atoms with E-state index in [2.05, 4.69) is 22.7 Å². The lowest BCUT2D eigenvalue weighted by Gasteiger charge is -2.20. The number of anilines is 2. The van der Waals surface area contributed by atoms with Gasteiger partial charge in [0.1, 0.15) is 11.5 Å². The van der Waals surface area contributed by atoms with Gasteiger partial charge in [-0.3, -0.25) is 0 Å². The van der Waals surface area contributed by atoms with Crippen LogP contribution in [0.25, 0.3) is 0 Å². The highest BCUT2D eigenvalue weighted by Crippen LogP contribution is 2.29. The largest absolute Gasteiger partial charge is 0.383 e. The first-order chi connectivity index (χ1) is 14.0. The second-order valence-electron chi connectivity index (χ2n) is 7.32. The smallest absolute Gasteiger partial charge is 0.243 e. The van der Waals surface area contributed by atoms with Crippen molar-refractivity contribution >= 4 is 21.4 Å². The Morgan fingerprint density at radius 2 is 1.83 bits per heavy atom. The van der Waals surface area contributed by atoms with Crippen molar-refractivity contribution in [3.05, 3.63) is 35.2 Å². The van der Waals surface area contributed by atoms with E-state index in [4.69, 9.17) is 4.52 Å². The van der Waals surface area contributed by atoms with Crippen LogP contribution in [0.4, 0.5) is 11.4 Å². The van der Waals surface area contributed by atoms with Crippen molar-refractivity contribution in [3.63, 3.8) is 0 Å². The summed E-state index contributed by atoms with van der Waals surface area (Å²) in [6.45, 7) is 8.02. The Morgan fingerprint density at radius 3 is 2.55 bits per heavy atom. The van der Waals surface area contributed by atoms with Gasteiger partial charge in [0.05, 0.1) is 22.8 Å². The molecule has 0 bridgehead atoms. The topological polar surface area (TPSA) is 87.5 Å². The molecule has 1 aromatic heterocycles. The molecule has 1 aromatic carbocycles. The number of fused-ring (bicyclic) bond motifs is 1. The van der Waals surface area contributed by atoms with Crippen molar-refractivity contribution in [2.45, 2.75) is 64.3 Å². The minimum absolute atomic E-state index is 0.299. The third-order valence-electron chi connectivity index (χ3n) is 5.38. The molecular weight excluding hydrogens is 388 g/mol. The molecule has 3 rings (SSSR count). The molecule has 0 spiro atoms. The van der Waals surface area contributed by atoms with Gasteiger partial charge < -0.3 is 15.2 Å². The van der Waals surface area contributed by atoms with Gasteiger partial charge in [0.15, 0.2) is 0 Å². The lowest BCUT2D eigenvalue weighted by molar-refractivity contribution is 0.368. The van der Waals surface area contributed by atoms with E-state index in [0.717, 1.165) is 61.5 Å². The fraction of sp³-hybridized carbons (Fsp3) is 0.571. The van der Waals surface area contributed by atoms with Crippen molar-refractivity contribution in [1.82, 2.24) is 9.46 Å². The molecule has 2 aromatic rings. The highest BCUT2D eigenvalue weighted by molar-refractivity contribution is 7.89. The van der Waals surface area contributed by atoms with E-state index >= 15 is 0 Å². The second-order valence-corrected chi connectivity index (χ2v) is 9.25. The first-order valence-electron chi connectivity index (χ1n) is 10.6. The Morgan fingerprint density at radius 1 is 1.07 bits per heavy atom. The van der Waals surface area contributed by atoms with E-state index in [1.54, 1.807) is 12.1 Å². The Balaban J connectivity index is 1.87. The zero-order valence-corrected chi connectivity index (χ0v) is 18.4. The summed E-state index contributed by atoms with van der Waals surface area (Å²) in [5.41, 5.74) is 3.78. The fourth-order valence-corrected chi connectivity index (χ4v) is 5.21. The number of hydrogen-bond acceptors (Lipinski definition) is 6. The Hall–Kier alpha value is -2.06. The third-order valence-corrected chi connectivity index (χ3v) is 7.42. The second kappa shape index (κ2) is 9.63. The molecule has 1 heterocycles. The van der Waals surface area contributed by atoms with E-state index in [9.17, 15) is 8.42 Å². The summed E-state index contributed by atoms with van der Waals surface area (Å²) >= 11 is 0.